The van der Waals surface area contributed by atoms with Gasteiger partial charge >= 0.3 is 0 Å². The predicted molar refractivity (Wildman–Crippen MR) is 118 cm³/mol. The highest BCUT2D eigenvalue weighted by Crippen LogP contribution is 2.18. The summed E-state index contributed by atoms with van der Waals surface area (Å²) in [7, 11) is 5.80. The van der Waals surface area contributed by atoms with E-state index in [1.54, 1.807) is 0 Å². The SMILES string of the molecule is CN=C(NCCCc1c[nH]c2ccccc12)N(C)Cc1cnn(C)c1.I. The van der Waals surface area contributed by atoms with Crippen LogP contribution >= 0.6 is 24.0 Å². The van der Waals surface area contributed by atoms with Gasteiger partial charge in [0.15, 0.2) is 5.96 Å². The van der Waals surface area contributed by atoms with E-state index < -0.39 is 0 Å². The van der Waals surface area contributed by atoms with E-state index in [1.165, 1.54) is 22.0 Å². The molecule has 0 atom stereocenters. The number of para-hydroxylation sites is 1. The maximum absolute atomic E-state index is 4.37. The number of hydrogen-bond donors (Lipinski definition) is 2. The summed E-state index contributed by atoms with van der Waals surface area (Å²) in [6, 6.07) is 8.45. The number of H-pyrrole nitrogens is 1. The molecule has 2 heterocycles. The molecule has 26 heavy (non-hydrogen) atoms. The summed E-state index contributed by atoms with van der Waals surface area (Å²) in [5.41, 5.74) is 3.75. The molecular formula is C19H27IN6. The Balaban J connectivity index is 0.00000243. The number of nitrogens with zero attached hydrogens (tertiary/aromatic N) is 4. The van der Waals surface area contributed by atoms with Crippen LogP contribution in [0.4, 0.5) is 0 Å². The van der Waals surface area contributed by atoms with Gasteiger partial charge < -0.3 is 15.2 Å². The third-order valence-corrected chi connectivity index (χ3v) is 4.33. The molecule has 0 saturated carbocycles. The maximum atomic E-state index is 4.37. The van der Waals surface area contributed by atoms with Crippen molar-refractivity contribution in [3.05, 3.63) is 54.0 Å². The number of hydrogen-bond acceptors (Lipinski definition) is 2. The van der Waals surface area contributed by atoms with E-state index in [4.69, 9.17) is 0 Å². The fraction of sp³-hybridized carbons (Fsp3) is 0.368. The molecule has 0 unspecified atom stereocenters. The van der Waals surface area contributed by atoms with Crippen LogP contribution in [0.5, 0.6) is 0 Å². The molecule has 140 valence electrons. The van der Waals surface area contributed by atoms with Crippen molar-refractivity contribution in [2.75, 3.05) is 20.6 Å². The van der Waals surface area contributed by atoms with Crippen molar-refractivity contribution in [1.29, 1.82) is 0 Å². The zero-order valence-corrected chi connectivity index (χ0v) is 17.9. The number of rotatable bonds is 6. The molecule has 2 aromatic heterocycles. The van der Waals surface area contributed by atoms with Gasteiger partial charge in [-0.3, -0.25) is 9.67 Å². The summed E-state index contributed by atoms with van der Waals surface area (Å²) in [6.07, 6.45) is 8.14. The Morgan fingerprint density at radius 3 is 2.88 bits per heavy atom. The van der Waals surface area contributed by atoms with E-state index >= 15 is 0 Å². The van der Waals surface area contributed by atoms with Crippen LogP contribution in [0.2, 0.25) is 0 Å². The highest BCUT2D eigenvalue weighted by atomic mass is 127. The topological polar surface area (TPSA) is 61.2 Å². The summed E-state index contributed by atoms with van der Waals surface area (Å²) >= 11 is 0. The summed E-state index contributed by atoms with van der Waals surface area (Å²) < 4.78 is 1.82. The minimum atomic E-state index is 0. The average Bonchev–Trinajstić information content (AvgIpc) is 3.21. The molecule has 3 rings (SSSR count). The van der Waals surface area contributed by atoms with E-state index in [0.717, 1.165) is 31.9 Å². The first kappa shape index (κ1) is 20.3. The van der Waals surface area contributed by atoms with Gasteiger partial charge in [0.25, 0.3) is 0 Å². The molecule has 7 heteroatoms. The molecule has 0 amide bonds. The van der Waals surface area contributed by atoms with E-state index in [0.29, 0.717) is 0 Å². The number of benzene rings is 1. The van der Waals surface area contributed by atoms with Gasteiger partial charge in [-0.05, 0) is 24.5 Å². The highest BCUT2D eigenvalue weighted by molar-refractivity contribution is 14.0. The fourth-order valence-corrected chi connectivity index (χ4v) is 3.10. The van der Waals surface area contributed by atoms with E-state index in [-0.39, 0.29) is 24.0 Å². The molecule has 0 aliphatic heterocycles. The summed E-state index contributed by atoms with van der Waals surface area (Å²) in [6.45, 7) is 1.68. The van der Waals surface area contributed by atoms with Crippen molar-refractivity contribution < 1.29 is 0 Å². The van der Waals surface area contributed by atoms with Gasteiger partial charge in [0, 0.05) is 63.1 Å². The Kier molecular flexibility index (Phi) is 7.50. The lowest BCUT2D eigenvalue weighted by molar-refractivity contribution is 0.475. The highest BCUT2D eigenvalue weighted by Gasteiger charge is 2.08. The second-order valence-electron chi connectivity index (χ2n) is 6.32. The normalized spacial score (nSPS) is 11.4. The summed E-state index contributed by atoms with van der Waals surface area (Å²) in [5.74, 6) is 0.905. The van der Waals surface area contributed by atoms with Crippen LogP contribution in [0, 0.1) is 0 Å². The number of fused-ring (bicyclic) bond motifs is 1. The maximum Gasteiger partial charge on any atom is 0.193 e. The molecule has 0 aliphatic rings. The van der Waals surface area contributed by atoms with Gasteiger partial charge in [-0.1, -0.05) is 18.2 Å². The van der Waals surface area contributed by atoms with Crippen molar-refractivity contribution in [2.24, 2.45) is 12.0 Å². The van der Waals surface area contributed by atoms with Crippen molar-refractivity contribution in [2.45, 2.75) is 19.4 Å². The lowest BCUT2D eigenvalue weighted by Gasteiger charge is -2.21. The summed E-state index contributed by atoms with van der Waals surface area (Å²) in [5, 5.41) is 8.98. The van der Waals surface area contributed by atoms with E-state index in [2.05, 4.69) is 55.8 Å². The standard InChI is InChI=1S/C19H26N6.HI/c1-20-19(24(2)13-15-11-23-25(3)14-15)21-10-6-7-16-12-22-18-9-5-4-8-17(16)18;/h4-5,8-9,11-12,14,22H,6-7,10,13H2,1-3H3,(H,20,21);1H. The van der Waals surface area contributed by atoms with Gasteiger partial charge in [0.05, 0.1) is 6.20 Å². The van der Waals surface area contributed by atoms with Crippen molar-refractivity contribution in [3.63, 3.8) is 0 Å². The molecule has 0 saturated heterocycles. The minimum Gasteiger partial charge on any atom is -0.361 e. The first-order valence-electron chi connectivity index (χ1n) is 8.61. The number of halogens is 1. The zero-order valence-electron chi connectivity index (χ0n) is 15.6. The number of guanidine groups is 1. The third-order valence-electron chi connectivity index (χ3n) is 4.33. The number of aliphatic imine (C=N–C) groups is 1. The van der Waals surface area contributed by atoms with Crippen LogP contribution in [0.25, 0.3) is 10.9 Å². The Morgan fingerprint density at radius 2 is 2.15 bits per heavy atom. The van der Waals surface area contributed by atoms with Crippen LogP contribution in [-0.4, -0.2) is 46.3 Å². The molecule has 0 spiro atoms. The van der Waals surface area contributed by atoms with Gasteiger partial charge in [-0.2, -0.15) is 5.10 Å². The molecule has 3 aromatic rings. The third kappa shape index (κ3) is 5.00. The fourth-order valence-electron chi connectivity index (χ4n) is 3.10. The number of aryl methyl sites for hydroxylation is 2. The number of nitrogens with one attached hydrogen (secondary N) is 2. The van der Waals surface area contributed by atoms with Crippen molar-refractivity contribution in [3.8, 4) is 0 Å². The molecule has 2 N–H and O–H groups in total. The van der Waals surface area contributed by atoms with Crippen molar-refractivity contribution >= 4 is 40.8 Å². The Bertz CT molecular complexity index is 850. The zero-order chi connectivity index (χ0) is 17.6. The average molecular weight is 466 g/mol. The Morgan fingerprint density at radius 1 is 1.35 bits per heavy atom. The smallest absolute Gasteiger partial charge is 0.193 e. The molecular weight excluding hydrogens is 439 g/mol. The number of aromatic nitrogens is 3. The molecule has 0 fully saturated rings. The molecule has 0 radical (unpaired) electrons. The molecule has 1 aromatic carbocycles. The largest absolute Gasteiger partial charge is 0.361 e. The van der Waals surface area contributed by atoms with Gasteiger partial charge in [-0.15, -0.1) is 24.0 Å². The lowest BCUT2D eigenvalue weighted by atomic mass is 10.1. The monoisotopic (exact) mass is 466 g/mol. The first-order valence-corrected chi connectivity index (χ1v) is 8.61. The van der Waals surface area contributed by atoms with Gasteiger partial charge in [0.1, 0.15) is 0 Å². The lowest BCUT2D eigenvalue weighted by Crippen LogP contribution is -2.38. The second kappa shape index (κ2) is 9.61. The first-order chi connectivity index (χ1) is 12.2. The van der Waals surface area contributed by atoms with E-state index in [9.17, 15) is 0 Å². The van der Waals surface area contributed by atoms with Crippen LogP contribution in [-0.2, 0) is 20.0 Å². The van der Waals surface area contributed by atoms with Crippen LogP contribution < -0.4 is 5.32 Å². The van der Waals surface area contributed by atoms with E-state index in [1.807, 2.05) is 38.2 Å². The molecule has 0 bridgehead atoms. The van der Waals surface area contributed by atoms with Crippen LogP contribution in [0.3, 0.4) is 0 Å². The minimum absolute atomic E-state index is 0. The quantitative estimate of drug-likeness (QED) is 0.254. The van der Waals surface area contributed by atoms with Gasteiger partial charge in [0.2, 0.25) is 0 Å². The van der Waals surface area contributed by atoms with Crippen LogP contribution in [0.15, 0.2) is 47.8 Å². The predicted octanol–water partition coefficient (Wildman–Crippen LogP) is 3.16. The van der Waals surface area contributed by atoms with Crippen molar-refractivity contribution in [1.82, 2.24) is 25.0 Å². The second-order valence-corrected chi connectivity index (χ2v) is 6.32. The molecule has 0 aliphatic carbocycles. The van der Waals surface area contributed by atoms with Crippen LogP contribution in [0.1, 0.15) is 17.5 Å². The molecule has 6 nitrogen and oxygen atoms in total. The summed E-state index contributed by atoms with van der Waals surface area (Å²) in [4.78, 5) is 9.82. The Hall–Kier alpha value is -2.03. The van der Waals surface area contributed by atoms with Gasteiger partial charge in [-0.25, -0.2) is 0 Å². The Labute approximate surface area is 171 Å². The number of aromatic amines is 1.